The minimum absolute atomic E-state index is 0.0375. The van der Waals surface area contributed by atoms with Crippen LogP contribution in [0.25, 0.3) is 0 Å². The van der Waals surface area contributed by atoms with E-state index in [9.17, 15) is 14.4 Å². The Morgan fingerprint density at radius 2 is 1.74 bits per heavy atom. The maximum absolute atomic E-state index is 13.5. The number of esters is 1. The van der Waals surface area contributed by atoms with Gasteiger partial charge in [0.15, 0.2) is 6.10 Å². The second-order valence-electron chi connectivity index (χ2n) is 12.1. The molecule has 0 radical (unpaired) electrons. The third-order valence-corrected chi connectivity index (χ3v) is 6.73. The molecular formula is C27H47NO7. The largest absolute Gasteiger partial charge is 0.481 e. The number of carboxylic acids is 1. The van der Waals surface area contributed by atoms with Crippen molar-refractivity contribution >= 4 is 18.0 Å². The molecule has 0 aromatic heterocycles. The highest BCUT2D eigenvalue weighted by Crippen LogP contribution is 2.40. The Labute approximate surface area is 211 Å². The van der Waals surface area contributed by atoms with E-state index in [-0.39, 0.29) is 18.4 Å². The minimum atomic E-state index is -1.03. The lowest BCUT2D eigenvalue weighted by atomic mass is 9.83. The molecule has 1 heterocycles. The normalized spacial score (nSPS) is 23.8. The topological polar surface area (TPSA) is 102 Å². The summed E-state index contributed by atoms with van der Waals surface area (Å²) in [5.74, 6) is -0.643. The Morgan fingerprint density at radius 1 is 1.11 bits per heavy atom. The Bertz CT molecular complexity index is 722. The molecule has 2 aliphatic rings. The van der Waals surface area contributed by atoms with Gasteiger partial charge < -0.3 is 19.3 Å². The van der Waals surface area contributed by atoms with E-state index >= 15 is 0 Å². The van der Waals surface area contributed by atoms with E-state index in [2.05, 4.69) is 0 Å². The lowest BCUT2D eigenvalue weighted by Crippen LogP contribution is -2.51. The van der Waals surface area contributed by atoms with Gasteiger partial charge in [-0.15, -0.1) is 0 Å². The highest BCUT2D eigenvalue weighted by Gasteiger charge is 2.55. The fraction of sp³-hybridized carbons (Fsp3) is 0.889. The zero-order valence-electron chi connectivity index (χ0n) is 22.8. The SMILES string of the molecule is CC(C)CC(CCCC(=O)O)OC(=O)[C@@H]1OC(C)(C)N(C(=O)OC(C)(C)C)[C@H]1CC1CCCCC1. The summed E-state index contributed by atoms with van der Waals surface area (Å²) in [4.78, 5) is 39.3. The van der Waals surface area contributed by atoms with E-state index in [0.717, 1.165) is 25.7 Å². The molecular weight excluding hydrogens is 450 g/mol. The zero-order valence-corrected chi connectivity index (χ0v) is 22.8. The van der Waals surface area contributed by atoms with E-state index in [4.69, 9.17) is 19.3 Å². The Balaban J connectivity index is 2.25. The van der Waals surface area contributed by atoms with Crippen molar-refractivity contribution in [2.24, 2.45) is 11.8 Å². The molecule has 1 saturated carbocycles. The maximum Gasteiger partial charge on any atom is 0.412 e. The number of carbonyl (C=O) groups excluding carboxylic acids is 2. The molecule has 8 nitrogen and oxygen atoms in total. The fourth-order valence-electron chi connectivity index (χ4n) is 5.31. The van der Waals surface area contributed by atoms with Gasteiger partial charge in [0.05, 0.1) is 6.04 Å². The van der Waals surface area contributed by atoms with E-state index in [0.29, 0.717) is 31.6 Å². The molecule has 0 aromatic carbocycles. The molecule has 1 N–H and O–H groups in total. The first-order valence-electron chi connectivity index (χ1n) is 13.3. The molecule has 202 valence electrons. The zero-order chi connectivity index (χ0) is 26.4. The van der Waals surface area contributed by atoms with Crippen LogP contribution in [0, 0.1) is 11.8 Å². The molecule has 8 heteroatoms. The van der Waals surface area contributed by atoms with E-state index in [1.54, 1.807) is 18.7 Å². The average molecular weight is 498 g/mol. The summed E-state index contributed by atoms with van der Waals surface area (Å²) in [7, 11) is 0. The molecule has 1 unspecified atom stereocenters. The molecule has 1 aliphatic heterocycles. The van der Waals surface area contributed by atoms with Crippen molar-refractivity contribution < 1.29 is 33.7 Å². The predicted octanol–water partition coefficient (Wildman–Crippen LogP) is 5.91. The van der Waals surface area contributed by atoms with Crippen LogP contribution >= 0.6 is 0 Å². The summed E-state index contributed by atoms with van der Waals surface area (Å²) < 4.78 is 17.9. The Hall–Kier alpha value is -1.83. The Morgan fingerprint density at radius 3 is 2.29 bits per heavy atom. The van der Waals surface area contributed by atoms with Crippen LogP contribution in [-0.2, 0) is 23.8 Å². The van der Waals surface area contributed by atoms with Crippen molar-refractivity contribution in [1.29, 1.82) is 0 Å². The number of hydrogen-bond donors (Lipinski definition) is 1. The number of carboxylic acid groups (broad SMARTS) is 1. The van der Waals surface area contributed by atoms with Crippen molar-refractivity contribution in [2.75, 3.05) is 0 Å². The first kappa shape index (κ1) is 29.4. The van der Waals surface area contributed by atoms with Crippen molar-refractivity contribution in [3.63, 3.8) is 0 Å². The van der Waals surface area contributed by atoms with Crippen molar-refractivity contribution in [1.82, 2.24) is 4.90 Å². The summed E-state index contributed by atoms with van der Waals surface area (Å²) >= 11 is 0. The van der Waals surface area contributed by atoms with E-state index in [1.165, 1.54) is 6.42 Å². The van der Waals surface area contributed by atoms with Gasteiger partial charge in [0.2, 0.25) is 0 Å². The highest BCUT2D eigenvalue weighted by molar-refractivity contribution is 5.79. The van der Waals surface area contributed by atoms with Crippen LogP contribution in [0.4, 0.5) is 4.79 Å². The monoisotopic (exact) mass is 497 g/mol. The molecule has 0 bridgehead atoms. The second kappa shape index (κ2) is 12.4. The summed E-state index contributed by atoms with van der Waals surface area (Å²) in [6, 6.07) is -0.478. The lowest BCUT2D eigenvalue weighted by molar-refractivity contribution is -0.168. The van der Waals surface area contributed by atoms with Gasteiger partial charge in [-0.25, -0.2) is 9.59 Å². The number of carbonyl (C=O) groups is 3. The molecule has 0 spiro atoms. The average Bonchev–Trinajstić information content (AvgIpc) is 2.97. The molecule has 1 amide bonds. The summed E-state index contributed by atoms with van der Waals surface area (Å²) in [5.41, 5.74) is -1.70. The van der Waals surface area contributed by atoms with Crippen LogP contribution in [0.15, 0.2) is 0 Å². The maximum atomic E-state index is 13.5. The predicted molar refractivity (Wildman–Crippen MR) is 133 cm³/mol. The minimum Gasteiger partial charge on any atom is -0.481 e. The first-order valence-corrected chi connectivity index (χ1v) is 13.3. The molecule has 1 saturated heterocycles. The molecule has 2 rings (SSSR count). The standard InChI is InChI=1S/C27H47NO7/c1-18(2)16-20(14-11-15-22(29)30)33-24(31)23-21(17-19-12-9-8-10-13-19)28(27(6,7)34-23)25(32)35-26(3,4)5/h18-21,23H,8-17H2,1-7H3,(H,29,30)/t20?,21-,23+/m0/s1. The lowest BCUT2D eigenvalue weighted by Gasteiger charge is -2.36. The number of ether oxygens (including phenoxy) is 3. The van der Waals surface area contributed by atoms with Crippen LogP contribution < -0.4 is 0 Å². The second-order valence-corrected chi connectivity index (χ2v) is 12.1. The quantitative estimate of drug-likeness (QED) is 0.374. The molecule has 35 heavy (non-hydrogen) atoms. The molecule has 3 atom stereocenters. The van der Waals surface area contributed by atoms with E-state index < -0.39 is 41.5 Å². The highest BCUT2D eigenvalue weighted by atomic mass is 16.6. The van der Waals surface area contributed by atoms with Crippen LogP contribution in [0.1, 0.15) is 113 Å². The fourth-order valence-corrected chi connectivity index (χ4v) is 5.31. The third-order valence-electron chi connectivity index (χ3n) is 6.73. The number of nitrogens with zero attached hydrogens (tertiary/aromatic N) is 1. The van der Waals surface area contributed by atoms with Gasteiger partial charge in [0.1, 0.15) is 17.4 Å². The van der Waals surface area contributed by atoms with Gasteiger partial charge in [-0.2, -0.15) is 0 Å². The van der Waals surface area contributed by atoms with E-state index in [1.807, 2.05) is 34.6 Å². The Kier molecular flexibility index (Phi) is 10.4. The van der Waals surface area contributed by atoms with Crippen molar-refractivity contribution in [3.8, 4) is 0 Å². The van der Waals surface area contributed by atoms with Crippen molar-refractivity contribution in [2.45, 2.75) is 142 Å². The van der Waals surface area contributed by atoms with Crippen LogP contribution in [0.3, 0.4) is 0 Å². The van der Waals surface area contributed by atoms with Crippen LogP contribution in [0.2, 0.25) is 0 Å². The van der Waals surface area contributed by atoms with Gasteiger partial charge in [0, 0.05) is 6.42 Å². The van der Waals surface area contributed by atoms with Gasteiger partial charge in [-0.05, 0) is 72.1 Å². The number of hydrogen-bond acceptors (Lipinski definition) is 6. The van der Waals surface area contributed by atoms with Gasteiger partial charge in [0.25, 0.3) is 0 Å². The molecule has 0 aromatic rings. The first-order chi connectivity index (χ1) is 16.2. The molecule has 1 aliphatic carbocycles. The summed E-state index contributed by atoms with van der Waals surface area (Å²) in [6.07, 6.45) is 6.16. The smallest absolute Gasteiger partial charge is 0.412 e. The summed E-state index contributed by atoms with van der Waals surface area (Å²) in [6.45, 7) is 13.1. The third kappa shape index (κ3) is 9.28. The number of aliphatic carboxylic acids is 1. The van der Waals surface area contributed by atoms with Crippen molar-refractivity contribution in [3.05, 3.63) is 0 Å². The number of rotatable bonds is 10. The molecule has 2 fully saturated rings. The van der Waals surface area contributed by atoms with Crippen LogP contribution in [-0.4, -0.2) is 57.6 Å². The summed E-state index contributed by atoms with van der Waals surface area (Å²) in [5, 5.41) is 9.00. The van der Waals surface area contributed by atoms with Gasteiger partial charge in [-0.3, -0.25) is 9.69 Å². The van der Waals surface area contributed by atoms with Crippen LogP contribution in [0.5, 0.6) is 0 Å². The number of amides is 1. The van der Waals surface area contributed by atoms with Gasteiger partial charge >= 0.3 is 18.0 Å². The van der Waals surface area contributed by atoms with Gasteiger partial charge in [-0.1, -0.05) is 46.0 Å².